The first kappa shape index (κ1) is 18.3. The molecule has 2 heterocycles. The summed E-state index contributed by atoms with van der Waals surface area (Å²) < 4.78 is 21.2. The first-order valence-electron chi connectivity index (χ1n) is 8.67. The highest BCUT2D eigenvalue weighted by molar-refractivity contribution is 6.30. The lowest BCUT2D eigenvalue weighted by molar-refractivity contribution is -0.152. The predicted molar refractivity (Wildman–Crippen MR) is 100 cm³/mol. The molecule has 0 bridgehead atoms. The number of hydrogen-bond acceptors (Lipinski definition) is 7. The van der Waals surface area contributed by atoms with Crippen molar-refractivity contribution in [2.24, 2.45) is 5.92 Å². The number of hydrogen-bond donors (Lipinski definition) is 0. The van der Waals surface area contributed by atoms with E-state index in [1.807, 2.05) is 12.1 Å². The van der Waals surface area contributed by atoms with Crippen LogP contribution in [0, 0.1) is 5.92 Å². The van der Waals surface area contributed by atoms with Crippen LogP contribution in [0.5, 0.6) is 11.5 Å². The Morgan fingerprint density at radius 2 is 2.07 bits per heavy atom. The Hall–Kier alpha value is -3.06. The molecule has 0 spiro atoms. The van der Waals surface area contributed by atoms with E-state index < -0.39 is 5.92 Å². The van der Waals surface area contributed by atoms with Gasteiger partial charge in [0, 0.05) is 10.6 Å². The van der Waals surface area contributed by atoms with Gasteiger partial charge in [0.2, 0.25) is 5.82 Å². The van der Waals surface area contributed by atoms with Gasteiger partial charge in [-0.1, -0.05) is 16.8 Å². The molecule has 3 aromatic rings. The number of carbonyl (C=O) groups is 1. The van der Waals surface area contributed by atoms with E-state index in [-0.39, 0.29) is 25.1 Å². The summed E-state index contributed by atoms with van der Waals surface area (Å²) in [6, 6.07) is 12.6. The van der Waals surface area contributed by atoms with Crippen molar-refractivity contribution in [1.29, 1.82) is 0 Å². The highest BCUT2D eigenvalue weighted by atomic mass is 35.5. The molecule has 2 aromatic carbocycles. The van der Waals surface area contributed by atoms with Gasteiger partial charge in [0.15, 0.2) is 6.61 Å². The molecule has 4 rings (SSSR count). The smallest absolute Gasteiger partial charge is 0.313 e. The minimum absolute atomic E-state index is 0.0963. The Morgan fingerprint density at radius 1 is 1.25 bits per heavy atom. The van der Waals surface area contributed by atoms with E-state index in [2.05, 4.69) is 10.1 Å². The maximum atomic E-state index is 12.4. The average molecular weight is 401 g/mol. The van der Waals surface area contributed by atoms with Crippen molar-refractivity contribution < 1.29 is 23.5 Å². The second-order valence-corrected chi connectivity index (χ2v) is 6.75. The van der Waals surface area contributed by atoms with E-state index in [9.17, 15) is 4.79 Å². The summed E-state index contributed by atoms with van der Waals surface area (Å²) >= 11 is 6.01. The summed E-state index contributed by atoms with van der Waals surface area (Å²) in [4.78, 5) is 16.6. The van der Waals surface area contributed by atoms with E-state index in [4.69, 9.17) is 30.3 Å². The zero-order valence-electron chi connectivity index (χ0n) is 15.1. The van der Waals surface area contributed by atoms with Crippen molar-refractivity contribution in [2.45, 2.75) is 13.0 Å². The van der Waals surface area contributed by atoms with E-state index in [1.165, 1.54) is 0 Å². The topological polar surface area (TPSA) is 83.7 Å². The third-order valence-electron chi connectivity index (χ3n) is 4.42. The molecule has 0 saturated carbocycles. The largest absolute Gasteiger partial charge is 0.497 e. The average Bonchev–Trinajstić information content (AvgIpc) is 3.20. The van der Waals surface area contributed by atoms with Gasteiger partial charge in [0.05, 0.1) is 13.0 Å². The number of fused-ring (bicyclic) bond motifs is 1. The van der Waals surface area contributed by atoms with E-state index in [0.29, 0.717) is 17.3 Å². The van der Waals surface area contributed by atoms with Gasteiger partial charge in [-0.15, -0.1) is 0 Å². The van der Waals surface area contributed by atoms with E-state index >= 15 is 0 Å². The standard InChI is InChI=1S/C20H17ClN2O5/c1-25-16-5-2-12(3-6-16)19-22-18(28-23-19)11-27-20(24)14-8-13-9-15(21)4-7-17(13)26-10-14/h2-7,9,14H,8,10-11H2,1H3/t14-/m1/s1. The normalized spacial score (nSPS) is 15.4. The molecule has 1 aromatic heterocycles. The molecule has 7 nitrogen and oxygen atoms in total. The number of ether oxygens (including phenoxy) is 3. The lowest BCUT2D eigenvalue weighted by Gasteiger charge is -2.23. The molecular formula is C20H17ClN2O5. The molecule has 0 amide bonds. The van der Waals surface area contributed by atoms with Crippen LogP contribution in [0.2, 0.25) is 5.02 Å². The number of nitrogens with zero attached hydrogens (tertiary/aromatic N) is 2. The summed E-state index contributed by atoms with van der Waals surface area (Å²) in [6.45, 7) is 0.162. The molecule has 0 radical (unpaired) electrons. The molecule has 1 atom stereocenters. The van der Waals surface area contributed by atoms with Gasteiger partial charge in [-0.2, -0.15) is 4.98 Å². The molecule has 8 heteroatoms. The Kier molecular flexibility index (Phi) is 5.16. The fourth-order valence-corrected chi connectivity index (χ4v) is 3.13. The van der Waals surface area contributed by atoms with Crippen molar-refractivity contribution in [2.75, 3.05) is 13.7 Å². The SMILES string of the molecule is COc1ccc(-c2noc(COC(=O)[C@H]3COc4ccc(Cl)cc4C3)n2)cc1. The maximum Gasteiger partial charge on any atom is 0.313 e. The van der Waals surface area contributed by atoms with Crippen molar-refractivity contribution in [3.8, 4) is 22.9 Å². The van der Waals surface area contributed by atoms with E-state index in [0.717, 1.165) is 22.6 Å². The van der Waals surface area contributed by atoms with Crippen molar-refractivity contribution in [3.05, 3.63) is 58.9 Å². The zero-order chi connectivity index (χ0) is 19.5. The quantitative estimate of drug-likeness (QED) is 0.604. The van der Waals surface area contributed by atoms with Crippen molar-refractivity contribution >= 4 is 17.6 Å². The number of benzene rings is 2. The third kappa shape index (κ3) is 3.94. The molecule has 0 fully saturated rings. The van der Waals surface area contributed by atoms with Gasteiger partial charge in [0.25, 0.3) is 5.89 Å². The number of esters is 1. The number of methoxy groups -OCH3 is 1. The molecule has 1 aliphatic rings. The van der Waals surface area contributed by atoms with Crippen LogP contribution in [-0.2, 0) is 22.6 Å². The van der Waals surface area contributed by atoms with Gasteiger partial charge in [-0.25, -0.2) is 0 Å². The second kappa shape index (κ2) is 7.90. The predicted octanol–water partition coefficient (Wildman–Crippen LogP) is 3.69. The number of halogens is 1. The molecule has 144 valence electrons. The molecule has 0 unspecified atom stereocenters. The molecule has 0 N–H and O–H groups in total. The highest BCUT2D eigenvalue weighted by Crippen LogP contribution is 2.30. The van der Waals surface area contributed by atoms with E-state index in [1.54, 1.807) is 37.4 Å². The van der Waals surface area contributed by atoms with Crippen LogP contribution in [0.15, 0.2) is 47.0 Å². The van der Waals surface area contributed by atoms with Crippen LogP contribution in [0.1, 0.15) is 11.5 Å². The van der Waals surface area contributed by atoms with Crippen LogP contribution >= 0.6 is 11.6 Å². The molecule has 28 heavy (non-hydrogen) atoms. The first-order valence-corrected chi connectivity index (χ1v) is 9.05. The Balaban J connectivity index is 1.36. The van der Waals surface area contributed by atoms with Crippen molar-refractivity contribution in [1.82, 2.24) is 10.1 Å². The fraction of sp³-hybridized carbons (Fsp3) is 0.250. The lowest BCUT2D eigenvalue weighted by Crippen LogP contribution is -2.29. The summed E-state index contributed by atoms with van der Waals surface area (Å²) in [5, 5.41) is 4.52. The van der Waals surface area contributed by atoms with Crippen LogP contribution in [-0.4, -0.2) is 29.8 Å². The molecule has 0 aliphatic carbocycles. The van der Waals surface area contributed by atoms with Gasteiger partial charge in [-0.05, 0) is 54.4 Å². The summed E-state index contributed by atoms with van der Waals surface area (Å²) in [7, 11) is 1.60. The summed E-state index contributed by atoms with van der Waals surface area (Å²) in [5.41, 5.74) is 1.66. The van der Waals surface area contributed by atoms with Gasteiger partial charge in [0.1, 0.15) is 18.1 Å². The van der Waals surface area contributed by atoms with Gasteiger partial charge < -0.3 is 18.7 Å². The second-order valence-electron chi connectivity index (χ2n) is 6.31. The highest BCUT2D eigenvalue weighted by Gasteiger charge is 2.28. The Bertz CT molecular complexity index is 987. The monoisotopic (exact) mass is 400 g/mol. The molecular weight excluding hydrogens is 384 g/mol. The number of rotatable bonds is 5. The minimum Gasteiger partial charge on any atom is -0.497 e. The number of aromatic nitrogens is 2. The Morgan fingerprint density at radius 3 is 2.86 bits per heavy atom. The molecule has 0 saturated heterocycles. The van der Waals surface area contributed by atoms with Gasteiger partial charge in [-0.3, -0.25) is 4.79 Å². The summed E-state index contributed by atoms with van der Waals surface area (Å²) in [5.74, 6) is 1.33. The molecule has 1 aliphatic heterocycles. The first-order chi connectivity index (χ1) is 13.6. The van der Waals surface area contributed by atoms with Crippen LogP contribution in [0.25, 0.3) is 11.4 Å². The third-order valence-corrected chi connectivity index (χ3v) is 4.65. The lowest BCUT2D eigenvalue weighted by atomic mass is 9.97. The van der Waals surface area contributed by atoms with Crippen LogP contribution < -0.4 is 9.47 Å². The maximum absolute atomic E-state index is 12.4. The number of carbonyl (C=O) groups excluding carboxylic acids is 1. The summed E-state index contributed by atoms with van der Waals surface area (Å²) in [6.07, 6.45) is 0.510. The Labute approximate surface area is 166 Å². The minimum atomic E-state index is -0.407. The van der Waals surface area contributed by atoms with Gasteiger partial charge >= 0.3 is 5.97 Å². The van der Waals surface area contributed by atoms with Crippen LogP contribution in [0.3, 0.4) is 0 Å². The van der Waals surface area contributed by atoms with Crippen LogP contribution in [0.4, 0.5) is 0 Å². The van der Waals surface area contributed by atoms with Crippen molar-refractivity contribution in [3.63, 3.8) is 0 Å². The zero-order valence-corrected chi connectivity index (χ0v) is 15.8. The fourth-order valence-electron chi connectivity index (χ4n) is 2.94.